The van der Waals surface area contributed by atoms with Gasteiger partial charge in [0, 0.05) is 24.6 Å². The number of esters is 2. The molecule has 0 spiro atoms. The summed E-state index contributed by atoms with van der Waals surface area (Å²) < 4.78 is 14.4. The maximum absolute atomic E-state index is 12.3. The van der Waals surface area contributed by atoms with Crippen molar-refractivity contribution in [3.8, 4) is 0 Å². The van der Waals surface area contributed by atoms with E-state index in [2.05, 4.69) is 9.47 Å². The molecule has 0 aliphatic carbocycles. The van der Waals surface area contributed by atoms with Crippen molar-refractivity contribution in [2.24, 2.45) is 5.92 Å². The van der Waals surface area contributed by atoms with Crippen LogP contribution in [0.4, 0.5) is 0 Å². The molecule has 1 rings (SSSR count). The molecule has 1 amide bonds. The number of hydrogen-bond acceptors (Lipinski definition) is 6. The molecule has 1 atom stereocenters. The second-order valence-corrected chi connectivity index (χ2v) is 5.05. The van der Waals surface area contributed by atoms with Gasteiger partial charge < -0.3 is 19.1 Å². The summed E-state index contributed by atoms with van der Waals surface area (Å²) >= 11 is 0. The number of carbonyl (C=O) groups is 3. The zero-order chi connectivity index (χ0) is 16.5. The summed E-state index contributed by atoms with van der Waals surface area (Å²) in [5.41, 5.74) is 0.205. The molecule has 0 aromatic heterocycles. The van der Waals surface area contributed by atoms with E-state index in [9.17, 15) is 14.4 Å². The fourth-order valence-corrected chi connectivity index (χ4v) is 2.10. The largest absolute Gasteiger partial charge is 0.469 e. The number of methoxy groups -OCH3 is 2. The Balaban J connectivity index is 2.65. The summed E-state index contributed by atoms with van der Waals surface area (Å²) in [4.78, 5) is 37.0. The van der Waals surface area contributed by atoms with E-state index in [4.69, 9.17) is 4.74 Å². The molecule has 1 aliphatic heterocycles. The quantitative estimate of drug-likeness (QED) is 0.525. The summed E-state index contributed by atoms with van der Waals surface area (Å²) in [6, 6.07) is 0. The summed E-state index contributed by atoms with van der Waals surface area (Å²) in [7, 11) is 2.50. The highest BCUT2D eigenvalue weighted by atomic mass is 16.5. The normalized spacial score (nSPS) is 16.9. The first-order chi connectivity index (χ1) is 10.5. The Morgan fingerprint density at radius 3 is 2.36 bits per heavy atom. The van der Waals surface area contributed by atoms with Gasteiger partial charge in [-0.1, -0.05) is 13.0 Å². The summed E-state index contributed by atoms with van der Waals surface area (Å²) in [6.45, 7) is 4.05. The van der Waals surface area contributed by atoms with Gasteiger partial charge in [0.1, 0.15) is 0 Å². The third-order valence-electron chi connectivity index (χ3n) is 3.47. The van der Waals surface area contributed by atoms with Crippen LogP contribution in [0.2, 0.25) is 0 Å². The van der Waals surface area contributed by atoms with Crippen molar-refractivity contribution in [3.63, 3.8) is 0 Å². The highest BCUT2D eigenvalue weighted by molar-refractivity contribution is 5.93. The molecule has 1 aliphatic rings. The number of morpholine rings is 1. The predicted octanol–water partition coefficient (Wildman–Crippen LogP) is 0.534. The van der Waals surface area contributed by atoms with Gasteiger partial charge in [-0.3, -0.25) is 9.59 Å². The van der Waals surface area contributed by atoms with Crippen LogP contribution < -0.4 is 0 Å². The van der Waals surface area contributed by atoms with Gasteiger partial charge in [0.2, 0.25) is 5.91 Å². The van der Waals surface area contributed by atoms with Crippen LogP contribution in [0.1, 0.15) is 19.8 Å². The summed E-state index contributed by atoms with van der Waals surface area (Å²) in [6.07, 6.45) is 1.77. The molecule has 0 N–H and O–H groups in total. The first-order valence-electron chi connectivity index (χ1n) is 7.20. The molecule has 0 saturated carbocycles. The van der Waals surface area contributed by atoms with E-state index >= 15 is 0 Å². The zero-order valence-corrected chi connectivity index (χ0v) is 13.3. The van der Waals surface area contributed by atoms with Crippen LogP contribution in [0.5, 0.6) is 0 Å². The van der Waals surface area contributed by atoms with Crippen molar-refractivity contribution in [2.45, 2.75) is 19.8 Å². The Morgan fingerprint density at radius 1 is 1.18 bits per heavy atom. The molecule has 0 aromatic carbocycles. The minimum Gasteiger partial charge on any atom is -0.469 e. The highest BCUT2D eigenvalue weighted by Crippen LogP contribution is 2.14. The first-order valence-corrected chi connectivity index (χ1v) is 7.20. The van der Waals surface area contributed by atoms with Crippen molar-refractivity contribution in [3.05, 3.63) is 11.6 Å². The molecule has 124 valence electrons. The van der Waals surface area contributed by atoms with Crippen molar-refractivity contribution >= 4 is 17.8 Å². The Morgan fingerprint density at radius 2 is 1.82 bits per heavy atom. The summed E-state index contributed by atoms with van der Waals surface area (Å²) in [5.74, 6) is -1.38. The van der Waals surface area contributed by atoms with Gasteiger partial charge in [-0.2, -0.15) is 0 Å². The van der Waals surface area contributed by atoms with Crippen LogP contribution >= 0.6 is 0 Å². The topological polar surface area (TPSA) is 82.1 Å². The maximum atomic E-state index is 12.3. The van der Waals surface area contributed by atoms with Gasteiger partial charge in [0.25, 0.3) is 0 Å². The Kier molecular flexibility index (Phi) is 7.59. The van der Waals surface area contributed by atoms with E-state index in [1.165, 1.54) is 14.2 Å². The van der Waals surface area contributed by atoms with E-state index < -0.39 is 11.9 Å². The third kappa shape index (κ3) is 5.48. The average Bonchev–Trinajstić information content (AvgIpc) is 2.57. The number of ether oxygens (including phenoxy) is 3. The van der Waals surface area contributed by atoms with Crippen molar-refractivity contribution < 1.29 is 28.6 Å². The molecule has 0 bridgehead atoms. The van der Waals surface area contributed by atoms with Crippen molar-refractivity contribution in [2.75, 3.05) is 40.5 Å². The molecule has 1 unspecified atom stereocenters. The number of allylic oxidation sites excluding steroid dienone is 1. The number of hydrogen-bond donors (Lipinski definition) is 0. The SMILES string of the molecule is COC(=O)C/C(=C\CC(C)C(=O)N1CCOCC1)C(=O)OC. The molecule has 1 saturated heterocycles. The first kappa shape index (κ1) is 18.2. The Labute approximate surface area is 130 Å². The minimum atomic E-state index is -0.587. The number of amides is 1. The molecular formula is C15H23NO6. The second kappa shape index (κ2) is 9.19. The Bertz CT molecular complexity index is 439. The van der Waals surface area contributed by atoms with E-state index in [1.807, 2.05) is 0 Å². The monoisotopic (exact) mass is 313 g/mol. The lowest BCUT2D eigenvalue weighted by Gasteiger charge is -2.29. The number of rotatable bonds is 6. The van der Waals surface area contributed by atoms with Gasteiger partial charge in [-0.05, 0) is 6.42 Å². The van der Waals surface area contributed by atoms with Gasteiger partial charge in [-0.15, -0.1) is 0 Å². The van der Waals surface area contributed by atoms with Gasteiger partial charge in [0.15, 0.2) is 0 Å². The average molecular weight is 313 g/mol. The minimum absolute atomic E-state index is 0.0156. The van der Waals surface area contributed by atoms with Gasteiger partial charge >= 0.3 is 11.9 Å². The van der Waals surface area contributed by atoms with Crippen molar-refractivity contribution in [1.29, 1.82) is 0 Å². The van der Waals surface area contributed by atoms with Crippen LogP contribution in [-0.4, -0.2) is 63.3 Å². The molecule has 1 heterocycles. The number of carbonyl (C=O) groups excluding carboxylic acids is 3. The number of nitrogens with zero attached hydrogens (tertiary/aromatic N) is 1. The smallest absolute Gasteiger partial charge is 0.333 e. The van der Waals surface area contributed by atoms with Crippen molar-refractivity contribution in [1.82, 2.24) is 4.90 Å². The van der Waals surface area contributed by atoms with E-state index in [0.29, 0.717) is 32.7 Å². The standard InChI is InChI=1S/C15H23NO6/c1-11(14(18)16-6-8-22-9-7-16)4-5-12(15(19)21-3)10-13(17)20-2/h5,11H,4,6-10H2,1-3H3/b12-5+. The lowest BCUT2D eigenvalue weighted by atomic mass is 10.0. The zero-order valence-electron chi connectivity index (χ0n) is 13.3. The molecular weight excluding hydrogens is 290 g/mol. The predicted molar refractivity (Wildman–Crippen MR) is 77.9 cm³/mol. The molecule has 7 nitrogen and oxygen atoms in total. The second-order valence-electron chi connectivity index (χ2n) is 5.05. The Hall–Kier alpha value is -1.89. The van der Waals surface area contributed by atoms with Crippen LogP contribution in [0.15, 0.2) is 11.6 Å². The van der Waals surface area contributed by atoms with Crippen LogP contribution in [0, 0.1) is 5.92 Å². The lowest BCUT2D eigenvalue weighted by Crippen LogP contribution is -2.43. The fourth-order valence-electron chi connectivity index (χ4n) is 2.10. The highest BCUT2D eigenvalue weighted by Gasteiger charge is 2.22. The van der Waals surface area contributed by atoms with Gasteiger partial charge in [0.05, 0.1) is 33.9 Å². The van der Waals surface area contributed by atoms with Crippen LogP contribution in [0.3, 0.4) is 0 Å². The fraction of sp³-hybridized carbons (Fsp3) is 0.667. The van der Waals surface area contributed by atoms with Gasteiger partial charge in [-0.25, -0.2) is 4.79 Å². The van der Waals surface area contributed by atoms with E-state index in [1.54, 1.807) is 17.9 Å². The third-order valence-corrected chi connectivity index (χ3v) is 3.47. The van der Waals surface area contributed by atoms with E-state index in [0.717, 1.165) is 0 Å². The molecule has 0 aromatic rings. The van der Waals surface area contributed by atoms with Crippen LogP contribution in [-0.2, 0) is 28.6 Å². The summed E-state index contributed by atoms with van der Waals surface area (Å²) in [5, 5.41) is 0. The molecule has 7 heteroatoms. The lowest BCUT2D eigenvalue weighted by molar-refractivity contribution is -0.143. The maximum Gasteiger partial charge on any atom is 0.333 e. The van der Waals surface area contributed by atoms with Crippen LogP contribution in [0.25, 0.3) is 0 Å². The molecule has 1 fully saturated rings. The molecule has 22 heavy (non-hydrogen) atoms. The van der Waals surface area contributed by atoms with E-state index in [-0.39, 0.29) is 23.8 Å². The molecule has 0 radical (unpaired) electrons.